The van der Waals surface area contributed by atoms with Gasteiger partial charge in [0, 0.05) is 0 Å². The zero-order chi connectivity index (χ0) is 13.5. The van der Waals surface area contributed by atoms with E-state index in [4.69, 9.17) is 5.73 Å². The van der Waals surface area contributed by atoms with Crippen molar-refractivity contribution in [1.82, 2.24) is 14.8 Å². The molecule has 1 aromatic heterocycles. The molecule has 3 rings (SSSR count). The lowest BCUT2D eigenvalue weighted by molar-refractivity contribution is 0.421. The Morgan fingerprint density at radius 1 is 1.32 bits per heavy atom. The highest BCUT2D eigenvalue weighted by Gasteiger charge is 2.37. The number of para-hydroxylation sites is 1. The van der Waals surface area contributed by atoms with Crippen LogP contribution in [0, 0.1) is 5.82 Å². The molecular formula is C13H15FN4O. The Bertz CT molecular complexity index is 655. The lowest BCUT2D eigenvalue weighted by Crippen LogP contribution is -2.37. The molecule has 0 aliphatic heterocycles. The van der Waals surface area contributed by atoms with E-state index in [9.17, 15) is 9.18 Å². The monoisotopic (exact) mass is 262 g/mol. The molecule has 0 unspecified atom stereocenters. The summed E-state index contributed by atoms with van der Waals surface area (Å²) in [6.45, 7) is 0. The van der Waals surface area contributed by atoms with Crippen molar-refractivity contribution in [1.29, 1.82) is 0 Å². The van der Waals surface area contributed by atoms with E-state index in [0.717, 1.165) is 25.7 Å². The van der Waals surface area contributed by atoms with E-state index in [0.29, 0.717) is 5.82 Å². The van der Waals surface area contributed by atoms with Crippen LogP contribution in [0.3, 0.4) is 0 Å². The van der Waals surface area contributed by atoms with Crippen LogP contribution >= 0.6 is 0 Å². The number of rotatable bonds is 2. The highest BCUT2D eigenvalue weighted by molar-refractivity contribution is 5.35. The molecule has 6 heteroatoms. The number of aromatic nitrogens is 3. The van der Waals surface area contributed by atoms with Gasteiger partial charge in [-0.3, -0.25) is 0 Å². The maximum Gasteiger partial charge on any atom is 0.348 e. The minimum Gasteiger partial charge on any atom is -0.319 e. The van der Waals surface area contributed by atoms with Gasteiger partial charge < -0.3 is 5.73 Å². The zero-order valence-electron chi connectivity index (χ0n) is 10.4. The number of H-pyrrole nitrogens is 1. The molecule has 1 aliphatic rings. The van der Waals surface area contributed by atoms with Crippen LogP contribution in [0.4, 0.5) is 4.39 Å². The number of aromatic amines is 1. The van der Waals surface area contributed by atoms with Gasteiger partial charge in [-0.25, -0.2) is 18.9 Å². The minimum atomic E-state index is -0.651. The van der Waals surface area contributed by atoms with E-state index in [-0.39, 0.29) is 5.69 Å². The fraction of sp³-hybridized carbons (Fsp3) is 0.385. The molecule has 0 radical (unpaired) electrons. The summed E-state index contributed by atoms with van der Waals surface area (Å²) in [6, 6.07) is 6.13. The number of nitrogens with one attached hydrogen (secondary N) is 1. The lowest BCUT2D eigenvalue weighted by Gasteiger charge is -2.22. The average molecular weight is 262 g/mol. The van der Waals surface area contributed by atoms with Crippen molar-refractivity contribution < 1.29 is 4.39 Å². The Kier molecular flexibility index (Phi) is 2.74. The molecule has 5 nitrogen and oxygen atoms in total. The van der Waals surface area contributed by atoms with E-state index in [2.05, 4.69) is 10.2 Å². The Morgan fingerprint density at radius 3 is 2.68 bits per heavy atom. The molecule has 1 heterocycles. The molecule has 0 amide bonds. The van der Waals surface area contributed by atoms with Crippen LogP contribution in [0.5, 0.6) is 0 Å². The van der Waals surface area contributed by atoms with Gasteiger partial charge in [0.05, 0.1) is 11.2 Å². The molecule has 2 aromatic rings. The highest BCUT2D eigenvalue weighted by Crippen LogP contribution is 2.35. The summed E-state index contributed by atoms with van der Waals surface area (Å²) in [5, 5.41) is 6.40. The Morgan fingerprint density at radius 2 is 2.00 bits per heavy atom. The summed E-state index contributed by atoms with van der Waals surface area (Å²) in [6.07, 6.45) is 3.50. The van der Waals surface area contributed by atoms with Gasteiger partial charge in [-0.1, -0.05) is 25.0 Å². The summed E-state index contributed by atoms with van der Waals surface area (Å²) >= 11 is 0. The van der Waals surface area contributed by atoms with E-state index < -0.39 is 17.0 Å². The first-order valence-electron chi connectivity index (χ1n) is 6.33. The molecule has 100 valence electrons. The number of benzene rings is 1. The third-order valence-corrected chi connectivity index (χ3v) is 3.71. The van der Waals surface area contributed by atoms with Crippen LogP contribution in [0.1, 0.15) is 31.5 Å². The molecule has 1 fully saturated rings. The van der Waals surface area contributed by atoms with Gasteiger partial charge in [-0.15, -0.1) is 0 Å². The van der Waals surface area contributed by atoms with Crippen LogP contribution < -0.4 is 11.4 Å². The number of halogens is 1. The van der Waals surface area contributed by atoms with Crippen LogP contribution in [-0.2, 0) is 5.54 Å². The topological polar surface area (TPSA) is 76.7 Å². The number of nitrogens with two attached hydrogens (primary N) is 1. The first kappa shape index (κ1) is 12.1. The van der Waals surface area contributed by atoms with E-state index in [1.54, 1.807) is 18.2 Å². The lowest BCUT2D eigenvalue weighted by atomic mass is 9.98. The number of nitrogens with zero attached hydrogens (tertiary/aromatic N) is 2. The predicted molar refractivity (Wildman–Crippen MR) is 68.5 cm³/mol. The first-order chi connectivity index (χ1) is 9.12. The SMILES string of the molecule is NC1(c2n[nH]c(=O)n2-c2ccccc2F)CCCC1. The molecular weight excluding hydrogens is 247 g/mol. The Balaban J connectivity index is 2.20. The van der Waals surface area contributed by atoms with Crippen molar-refractivity contribution in [3.8, 4) is 5.69 Å². The van der Waals surface area contributed by atoms with E-state index in [1.165, 1.54) is 10.6 Å². The molecule has 1 saturated carbocycles. The second-order valence-electron chi connectivity index (χ2n) is 5.00. The predicted octanol–water partition coefficient (Wildman–Crippen LogP) is 1.43. The Hall–Kier alpha value is -1.95. The smallest absolute Gasteiger partial charge is 0.319 e. The second-order valence-corrected chi connectivity index (χ2v) is 5.00. The quantitative estimate of drug-likeness (QED) is 0.859. The van der Waals surface area contributed by atoms with Gasteiger partial charge in [0.25, 0.3) is 0 Å². The molecule has 19 heavy (non-hydrogen) atoms. The van der Waals surface area contributed by atoms with E-state index in [1.807, 2.05) is 0 Å². The number of hydrogen-bond acceptors (Lipinski definition) is 3. The van der Waals surface area contributed by atoms with Gasteiger partial charge in [0.1, 0.15) is 5.82 Å². The molecule has 3 N–H and O–H groups in total. The van der Waals surface area contributed by atoms with Gasteiger partial charge >= 0.3 is 5.69 Å². The summed E-state index contributed by atoms with van der Waals surface area (Å²) < 4.78 is 15.1. The van der Waals surface area contributed by atoms with Crippen molar-refractivity contribution in [2.24, 2.45) is 5.73 Å². The molecule has 0 saturated heterocycles. The maximum absolute atomic E-state index is 13.9. The van der Waals surface area contributed by atoms with E-state index >= 15 is 0 Å². The fourth-order valence-electron chi connectivity index (χ4n) is 2.72. The Labute approximate surface area is 109 Å². The summed E-state index contributed by atoms with van der Waals surface area (Å²) in [5.74, 6) is -0.0473. The first-order valence-corrected chi connectivity index (χ1v) is 6.33. The van der Waals surface area contributed by atoms with Gasteiger partial charge in [0.15, 0.2) is 5.82 Å². The fourth-order valence-corrected chi connectivity index (χ4v) is 2.72. The molecule has 0 atom stereocenters. The van der Waals surface area contributed by atoms with Crippen molar-refractivity contribution in [3.63, 3.8) is 0 Å². The third-order valence-electron chi connectivity index (χ3n) is 3.71. The van der Waals surface area contributed by atoms with Gasteiger partial charge in [-0.05, 0) is 25.0 Å². The zero-order valence-corrected chi connectivity index (χ0v) is 10.4. The average Bonchev–Trinajstić information content (AvgIpc) is 2.98. The maximum atomic E-state index is 13.9. The van der Waals surface area contributed by atoms with Gasteiger partial charge in [0.2, 0.25) is 0 Å². The van der Waals surface area contributed by atoms with Gasteiger partial charge in [-0.2, -0.15) is 5.10 Å². The van der Waals surface area contributed by atoms with Crippen molar-refractivity contribution in [2.45, 2.75) is 31.2 Å². The summed E-state index contributed by atoms with van der Waals surface area (Å²) in [7, 11) is 0. The molecule has 1 aromatic carbocycles. The standard InChI is InChI=1S/C13H15FN4O/c14-9-5-1-2-6-10(9)18-11(16-17-12(18)19)13(15)7-3-4-8-13/h1-2,5-6H,3-4,7-8,15H2,(H,17,19). The summed E-state index contributed by atoms with van der Waals surface area (Å²) in [5.41, 5.74) is 5.39. The van der Waals surface area contributed by atoms with Crippen molar-refractivity contribution in [2.75, 3.05) is 0 Å². The summed E-state index contributed by atoms with van der Waals surface area (Å²) in [4.78, 5) is 11.9. The highest BCUT2D eigenvalue weighted by atomic mass is 19.1. The largest absolute Gasteiger partial charge is 0.348 e. The van der Waals surface area contributed by atoms with Crippen LogP contribution in [0.25, 0.3) is 5.69 Å². The van der Waals surface area contributed by atoms with Crippen molar-refractivity contribution >= 4 is 0 Å². The normalized spacial score (nSPS) is 17.8. The van der Waals surface area contributed by atoms with Crippen LogP contribution in [-0.4, -0.2) is 14.8 Å². The molecule has 0 bridgehead atoms. The van der Waals surface area contributed by atoms with Crippen LogP contribution in [0.15, 0.2) is 29.1 Å². The minimum absolute atomic E-state index is 0.188. The molecule has 0 spiro atoms. The van der Waals surface area contributed by atoms with Crippen molar-refractivity contribution in [3.05, 3.63) is 46.4 Å². The van der Waals surface area contributed by atoms with Crippen LogP contribution in [0.2, 0.25) is 0 Å². The number of hydrogen-bond donors (Lipinski definition) is 2. The third kappa shape index (κ3) is 1.88. The molecule has 1 aliphatic carbocycles. The second kappa shape index (κ2) is 4.31.